The van der Waals surface area contributed by atoms with Crippen molar-refractivity contribution in [2.24, 2.45) is 5.41 Å². The fraction of sp³-hybridized carbons (Fsp3) is 0.714. The van der Waals surface area contributed by atoms with Crippen LogP contribution in [0.15, 0.2) is 12.1 Å². The minimum absolute atomic E-state index is 0.336. The Balaban J connectivity index is 2.37. The van der Waals surface area contributed by atoms with E-state index in [1.165, 1.54) is 17.7 Å². The quantitative estimate of drug-likeness (QED) is 0.789. The Hall–Kier alpha value is -0.0500. The first-order chi connectivity index (χ1) is 7.93. The van der Waals surface area contributed by atoms with Gasteiger partial charge < -0.3 is 5.32 Å². The molecule has 0 fully saturated rings. The van der Waals surface area contributed by atoms with E-state index < -0.39 is 0 Å². The standard InChI is InChI=1S/C14H24ClNS/c1-5-16-12(14(2,3)4)8-6-7-11-9-10-13(15)17-11/h9-10,12,16H,5-8H2,1-4H3. The van der Waals surface area contributed by atoms with Gasteiger partial charge in [-0.3, -0.25) is 0 Å². The minimum atomic E-state index is 0.336. The van der Waals surface area contributed by atoms with E-state index >= 15 is 0 Å². The first-order valence-corrected chi connectivity index (χ1v) is 7.60. The monoisotopic (exact) mass is 273 g/mol. The summed E-state index contributed by atoms with van der Waals surface area (Å²) in [6.07, 6.45) is 3.61. The van der Waals surface area contributed by atoms with E-state index in [1.54, 1.807) is 11.3 Å². The highest BCUT2D eigenvalue weighted by molar-refractivity contribution is 7.16. The van der Waals surface area contributed by atoms with Crippen molar-refractivity contribution < 1.29 is 0 Å². The topological polar surface area (TPSA) is 12.0 Å². The number of hydrogen-bond donors (Lipinski definition) is 1. The Morgan fingerprint density at radius 2 is 2.06 bits per heavy atom. The highest BCUT2D eigenvalue weighted by Crippen LogP contribution is 2.26. The molecular weight excluding hydrogens is 250 g/mol. The van der Waals surface area contributed by atoms with Crippen molar-refractivity contribution >= 4 is 22.9 Å². The first-order valence-electron chi connectivity index (χ1n) is 6.41. The van der Waals surface area contributed by atoms with Gasteiger partial charge in [0.25, 0.3) is 0 Å². The molecular formula is C14H24ClNS. The summed E-state index contributed by atoms with van der Waals surface area (Å²) in [6.45, 7) is 10.2. The van der Waals surface area contributed by atoms with Crippen molar-refractivity contribution in [3.05, 3.63) is 21.3 Å². The molecule has 0 aliphatic carbocycles. The van der Waals surface area contributed by atoms with E-state index in [0.717, 1.165) is 17.3 Å². The third-order valence-electron chi connectivity index (χ3n) is 3.04. The maximum atomic E-state index is 5.93. The summed E-state index contributed by atoms with van der Waals surface area (Å²) in [6, 6.07) is 4.74. The fourth-order valence-corrected chi connectivity index (χ4v) is 3.18. The molecule has 0 amide bonds. The average molecular weight is 274 g/mol. The molecule has 3 heteroatoms. The largest absolute Gasteiger partial charge is 0.314 e. The lowest BCUT2D eigenvalue weighted by Crippen LogP contribution is -2.40. The number of aryl methyl sites for hydroxylation is 1. The zero-order chi connectivity index (χ0) is 12.9. The van der Waals surface area contributed by atoms with Crippen LogP contribution in [0.25, 0.3) is 0 Å². The Bertz CT molecular complexity index is 327. The maximum Gasteiger partial charge on any atom is 0.0931 e. The van der Waals surface area contributed by atoms with E-state index in [0.29, 0.717) is 11.5 Å². The van der Waals surface area contributed by atoms with E-state index in [1.807, 2.05) is 6.07 Å². The summed E-state index contributed by atoms with van der Waals surface area (Å²) in [5.41, 5.74) is 0.336. The predicted octanol–water partition coefficient (Wildman–Crippen LogP) is 4.75. The summed E-state index contributed by atoms with van der Waals surface area (Å²) in [4.78, 5) is 1.40. The van der Waals surface area contributed by atoms with Crippen LogP contribution in [0, 0.1) is 5.41 Å². The molecule has 0 aliphatic heterocycles. The zero-order valence-corrected chi connectivity index (χ0v) is 12.9. The van der Waals surface area contributed by atoms with Gasteiger partial charge >= 0.3 is 0 Å². The van der Waals surface area contributed by atoms with Crippen LogP contribution < -0.4 is 5.32 Å². The second kappa shape index (κ2) is 6.77. The van der Waals surface area contributed by atoms with Crippen molar-refractivity contribution in [1.82, 2.24) is 5.32 Å². The van der Waals surface area contributed by atoms with Gasteiger partial charge in [0.15, 0.2) is 0 Å². The molecule has 0 aromatic carbocycles. The van der Waals surface area contributed by atoms with Gasteiger partial charge in [-0.2, -0.15) is 0 Å². The molecule has 0 spiro atoms. The number of nitrogens with one attached hydrogen (secondary N) is 1. The van der Waals surface area contributed by atoms with Gasteiger partial charge in [-0.25, -0.2) is 0 Å². The maximum absolute atomic E-state index is 5.93. The van der Waals surface area contributed by atoms with E-state index in [2.05, 4.69) is 39.1 Å². The molecule has 1 rings (SSSR count). The van der Waals surface area contributed by atoms with Gasteiger partial charge in [0.2, 0.25) is 0 Å². The van der Waals surface area contributed by atoms with E-state index in [4.69, 9.17) is 11.6 Å². The van der Waals surface area contributed by atoms with Crippen molar-refractivity contribution in [1.29, 1.82) is 0 Å². The SMILES string of the molecule is CCNC(CCCc1ccc(Cl)s1)C(C)(C)C. The van der Waals surface area contributed by atoms with Gasteiger partial charge in [0, 0.05) is 10.9 Å². The van der Waals surface area contributed by atoms with Crippen LogP contribution in [0.4, 0.5) is 0 Å². The highest BCUT2D eigenvalue weighted by atomic mass is 35.5. The summed E-state index contributed by atoms with van der Waals surface area (Å²) >= 11 is 7.64. The fourth-order valence-electron chi connectivity index (χ4n) is 2.05. The number of rotatable bonds is 6. The number of halogens is 1. The molecule has 0 saturated heterocycles. The van der Waals surface area contributed by atoms with Crippen molar-refractivity contribution in [3.63, 3.8) is 0 Å². The Morgan fingerprint density at radius 3 is 2.53 bits per heavy atom. The predicted molar refractivity (Wildman–Crippen MR) is 79.2 cm³/mol. The van der Waals surface area contributed by atoms with Gasteiger partial charge in [-0.1, -0.05) is 39.3 Å². The zero-order valence-electron chi connectivity index (χ0n) is 11.3. The number of thiophene rings is 1. The smallest absolute Gasteiger partial charge is 0.0931 e. The second-order valence-electron chi connectivity index (χ2n) is 5.57. The van der Waals surface area contributed by atoms with Crippen molar-refractivity contribution in [3.8, 4) is 0 Å². The third-order valence-corrected chi connectivity index (χ3v) is 4.33. The van der Waals surface area contributed by atoms with Crippen LogP contribution in [-0.2, 0) is 6.42 Å². The van der Waals surface area contributed by atoms with Crippen molar-refractivity contribution in [2.75, 3.05) is 6.54 Å². The molecule has 1 heterocycles. The lowest BCUT2D eigenvalue weighted by atomic mass is 9.83. The molecule has 1 N–H and O–H groups in total. The lowest BCUT2D eigenvalue weighted by molar-refractivity contribution is 0.254. The molecule has 0 radical (unpaired) electrons. The second-order valence-corrected chi connectivity index (χ2v) is 7.37. The average Bonchev–Trinajstić information content (AvgIpc) is 2.61. The number of hydrogen-bond acceptors (Lipinski definition) is 2. The molecule has 0 bridgehead atoms. The summed E-state index contributed by atoms with van der Waals surface area (Å²) in [5.74, 6) is 0. The van der Waals surface area contributed by atoms with Crippen LogP contribution in [0.3, 0.4) is 0 Å². The third kappa shape index (κ3) is 5.41. The van der Waals surface area contributed by atoms with Crippen LogP contribution >= 0.6 is 22.9 Å². The highest BCUT2D eigenvalue weighted by Gasteiger charge is 2.22. The van der Waals surface area contributed by atoms with E-state index in [9.17, 15) is 0 Å². The van der Waals surface area contributed by atoms with Gasteiger partial charge in [0.05, 0.1) is 4.34 Å². The first kappa shape index (κ1) is 15.0. The van der Waals surface area contributed by atoms with Crippen molar-refractivity contribution in [2.45, 2.75) is 53.0 Å². The molecule has 0 aliphatic rings. The van der Waals surface area contributed by atoms with Crippen LogP contribution in [0.5, 0.6) is 0 Å². The van der Waals surface area contributed by atoms with Crippen LogP contribution in [-0.4, -0.2) is 12.6 Å². The van der Waals surface area contributed by atoms with Gasteiger partial charge in [0.1, 0.15) is 0 Å². The minimum Gasteiger partial charge on any atom is -0.314 e. The molecule has 1 unspecified atom stereocenters. The molecule has 17 heavy (non-hydrogen) atoms. The summed E-state index contributed by atoms with van der Waals surface area (Å²) in [5, 5.41) is 3.59. The summed E-state index contributed by atoms with van der Waals surface area (Å²) in [7, 11) is 0. The molecule has 1 atom stereocenters. The van der Waals surface area contributed by atoms with Crippen LogP contribution in [0.2, 0.25) is 4.34 Å². The Kier molecular flexibility index (Phi) is 5.98. The van der Waals surface area contributed by atoms with Crippen LogP contribution in [0.1, 0.15) is 45.4 Å². The Morgan fingerprint density at radius 1 is 1.35 bits per heavy atom. The molecule has 0 saturated carbocycles. The summed E-state index contributed by atoms with van der Waals surface area (Å²) < 4.78 is 0.902. The van der Waals surface area contributed by atoms with Gasteiger partial charge in [-0.05, 0) is 43.4 Å². The van der Waals surface area contributed by atoms with E-state index in [-0.39, 0.29) is 0 Å². The molecule has 1 aromatic rings. The molecule has 1 aromatic heterocycles. The van der Waals surface area contributed by atoms with Gasteiger partial charge in [-0.15, -0.1) is 11.3 Å². The Labute approximate surface area is 115 Å². The lowest BCUT2D eigenvalue weighted by Gasteiger charge is -2.31. The molecule has 1 nitrogen and oxygen atoms in total. The molecule has 98 valence electrons. The normalized spacial score (nSPS) is 13.9.